The van der Waals surface area contributed by atoms with E-state index in [0.717, 1.165) is 0 Å². The maximum Gasteiger partial charge on any atom is 0.253 e. The number of aliphatic hydroxyl groups is 1. The Kier molecular flexibility index (Phi) is 4.37. The minimum absolute atomic E-state index is 0.127. The summed E-state index contributed by atoms with van der Waals surface area (Å²) in [6, 6.07) is 6.48. The lowest BCUT2D eigenvalue weighted by Crippen LogP contribution is -2.22. The highest BCUT2D eigenvalue weighted by Gasteiger charge is 2.12. The molecule has 0 fully saturated rings. The number of nitrogens with zero attached hydrogens (tertiary/aromatic N) is 2. The van der Waals surface area contributed by atoms with Gasteiger partial charge in [0.15, 0.2) is 11.5 Å². The van der Waals surface area contributed by atoms with Crippen LogP contribution < -0.4 is 15.0 Å². The Morgan fingerprint density at radius 1 is 1.25 bits per heavy atom. The second-order valence-electron chi connectivity index (χ2n) is 4.20. The van der Waals surface area contributed by atoms with Crippen LogP contribution in [-0.4, -0.2) is 28.9 Å². The van der Waals surface area contributed by atoms with Gasteiger partial charge in [-0.15, -0.1) is 0 Å². The van der Waals surface area contributed by atoms with Gasteiger partial charge in [-0.05, 0) is 17.7 Å². The molecule has 0 radical (unpaired) electrons. The number of methoxy groups -OCH3 is 2. The molecule has 0 aliphatic rings. The molecule has 0 aliphatic carbocycles. The minimum atomic E-state index is -0.836. The molecular formula is C14H16N2O4. The molecule has 1 unspecified atom stereocenters. The molecule has 2 rings (SSSR count). The molecule has 0 saturated carbocycles. The van der Waals surface area contributed by atoms with Gasteiger partial charge in [0.1, 0.15) is 0 Å². The molecule has 1 atom stereocenters. The first kappa shape index (κ1) is 14.1. The van der Waals surface area contributed by atoms with Crippen molar-refractivity contribution < 1.29 is 14.6 Å². The van der Waals surface area contributed by atoms with Crippen LogP contribution in [0.2, 0.25) is 0 Å². The third-order valence-corrected chi connectivity index (χ3v) is 2.95. The van der Waals surface area contributed by atoms with E-state index in [0.29, 0.717) is 17.1 Å². The van der Waals surface area contributed by atoms with Gasteiger partial charge in [-0.25, -0.2) is 4.98 Å². The predicted molar refractivity (Wildman–Crippen MR) is 73.0 cm³/mol. The van der Waals surface area contributed by atoms with Crippen LogP contribution in [0, 0.1) is 0 Å². The summed E-state index contributed by atoms with van der Waals surface area (Å²) in [5.74, 6) is 1.12. The minimum Gasteiger partial charge on any atom is -0.493 e. The van der Waals surface area contributed by atoms with Crippen molar-refractivity contribution in [2.24, 2.45) is 0 Å². The van der Waals surface area contributed by atoms with E-state index in [4.69, 9.17) is 9.47 Å². The van der Waals surface area contributed by atoms with Crippen LogP contribution in [0.3, 0.4) is 0 Å². The first-order valence-electron chi connectivity index (χ1n) is 6.06. The average Bonchev–Trinajstić information content (AvgIpc) is 2.48. The zero-order valence-electron chi connectivity index (χ0n) is 11.3. The van der Waals surface area contributed by atoms with Crippen molar-refractivity contribution in [1.82, 2.24) is 9.55 Å². The highest BCUT2D eigenvalue weighted by atomic mass is 16.5. The Morgan fingerprint density at radius 2 is 2.00 bits per heavy atom. The lowest BCUT2D eigenvalue weighted by atomic mass is 10.1. The second kappa shape index (κ2) is 6.21. The van der Waals surface area contributed by atoms with Crippen LogP contribution in [0.25, 0.3) is 0 Å². The number of rotatable bonds is 5. The maximum atomic E-state index is 11.6. The van der Waals surface area contributed by atoms with Gasteiger partial charge < -0.3 is 14.6 Å². The number of ether oxygens (including phenoxy) is 2. The standard InChI is InChI=1S/C14H16N2O4/c1-19-12-4-3-10(7-13(12)20-2)11(17)8-16-9-15-6-5-14(16)18/h3-7,9,11,17H,8H2,1-2H3. The molecule has 0 aliphatic heterocycles. The fourth-order valence-corrected chi connectivity index (χ4v) is 1.87. The van der Waals surface area contributed by atoms with Crippen LogP contribution in [0.1, 0.15) is 11.7 Å². The molecule has 1 aromatic heterocycles. The van der Waals surface area contributed by atoms with Crippen LogP contribution >= 0.6 is 0 Å². The van der Waals surface area contributed by atoms with E-state index in [1.165, 1.54) is 30.3 Å². The van der Waals surface area contributed by atoms with Gasteiger partial charge in [-0.3, -0.25) is 9.36 Å². The van der Waals surface area contributed by atoms with E-state index in [-0.39, 0.29) is 12.1 Å². The van der Waals surface area contributed by atoms with Gasteiger partial charge in [0.05, 0.1) is 33.2 Å². The zero-order chi connectivity index (χ0) is 14.5. The third kappa shape index (κ3) is 2.97. The number of benzene rings is 1. The number of hydrogen-bond donors (Lipinski definition) is 1. The van der Waals surface area contributed by atoms with Crippen LogP contribution in [0.15, 0.2) is 41.6 Å². The summed E-state index contributed by atoms with van der Waals surface area (Å²) < 4.78 is 11.7. The van der Waals surface area contributed by atoms with Crippen molar-refractivity contribution in [3.05, 3.63) is 52.7 Å². The molecule has 0 amide bonds. The maximum absolute atomic E-state index is 11.6. The molecule has 6 nitrogen and oxygen atoms in total. The molecule has 1 N–H and O–H groups in total. The van der Waals surface area contributed by atoms with Crippen molar-refractivity contribution >= 4 is 0 Å². The summed E-state index contributed by atoms with van der Waals surface area (Å²) in [5.41, 5.74) is 0.429. The van der Waals surface area contributed by atoms with E-state index in [1.54, 1.807) is 25.3 Å². The Balaban J connectivity index is 2.23. The smallest absolute Gasteiger partial charge is 0.253 e. The molecule has 0 bridgehead atoms. The van der Waals surface area contributed by atoms with Gasteiger partial charge in [0.25, 0.3) is 5.56 Å². The summed E-state index contributed by atoms with van der Waals surface area (Å²) >= 11 is 0. The van der Waals surface area contributed by atoms with Crippen molar-refractivity contribution in [3.63, 3.8) is 0 Å². The first-order valence-corrected chi connectivity index (χ1v) is 6.06. The largest absolute Gasteiger partial charge is 0.493 e. The lowest BCUT2D eigenvalue weighted by Gasteiger charge is -2.15. The lowest BCUT2D eigenvalue weighted by molar-refractivity contribution is 0.154. The molecular weight excluding hydrogens is 260 g/mol. The normalized spacial score (nSPS) is 11.9. The van der Waals surface area contributed by atoms with Crippen LogP contribution in [-0.2, 0) is 6.54 Å². The van der Waals surface area contributed by atoms with Crippen molar-refractivity contribution in [2.45, 2.75) is 12.6 Å². The molecule has 0 saturated heterocycles. The van der Waals surface area contributed by atoms with E-state index in [2.05, 4.69) is 4.98 Å². The number of aromatic nitrogens is 2. The number of hydrogen-bond acceptors (Lipinski definition) is 5. The SMILES string of the molecule is COc1ccc(C(O)Cn2cnccc2=O)cc1OC. The Hall–Kier alpha value is -2.34. The molecule has 20 heavy (non-hydrogen) atoms. The van der Waals surface area contributed by atoms with Gasteiger partial charge >= 0.3 is 0 Å². The van der Waals surface area contributed by atoms with E-state index in [1.807, 2.05) is 0 Å². The van der Waals surface area contributed by atoms with Gasteiger partial charge in [0, 0.05) is 12.3 Å². The van der Waals surface area contributed by atoms with Crippen molar-refractivity contribution in [2.75, 3.05) is 14.2 Å². The molecule has 106 valence electrons. The number of aliphatic hydroxyl groups excluding tert-OH is 1. The van der Waals surface area contributed by atoms with Crippen molar-refractivity contribution in [3.8, 4) is 11.5 Å². The van der Waals surface area contributed by atoms with Crippen LogP contribution in [0.5, 0.6) is 11.5 Å². The van der Waals surface area contributed by atoms with Gasteiger partial charge in [0.2, 0.25) is 0 Å². The first-order chi connectivity index (χ1) is 9.65. The molecule has 1 heterocycles. The predicted octanol–water partition coefficient (Wildman–Crippen LogP) is 0.994. The summed E-state index contributed by atoms with van der Waals surface area (Å²) in [7, 11) is 3.07. The van der Waals surface area contributed by atoms with Gasteiger partial charge in [-0.2, -0.15) is 0 Å². The topological polar surface area (TPSA) is 73.6 Å². The molecule has 0 spiro atoms. The summed E-state index contributed by atoms with van der Waals surface area (Å²) in [4.78, 5) is 15.4. The molecule has 1 aromatic carbocycles. The van der Waals surface area contributed by atoms with Crippen LogP contribution in [0.4, 0.5) is 0 Å². The third-order valence-electron chi connectivity index (χ3n) is 2.95. The Labute approximate surface area is 116 Å². The highest BCUT2D eigenvalue weighted by molar-refractivity contribution is 5.43. The zero-order valence-corrected chi connectivity index (χ0v) is 11.3. The quantitative estimate of drug-likeness (QED) is 0.881. The average molecular weight is 276 g/mol. The summed E-state index contributed by atoms with van der Waals surface area (Å²) in [5, 5.41) is 10.2. The monoisotopic (exact) mass is 276 g/mol. The molecule has 6 heteroatoms. The highest BCUT2D eigenvalue weighted by Crippen LogP contribution is 2.30. The fraction of sp³-hybridized carbons (Fsp3) is 0.286. The Morgan fingerprint density at radius 3 is 2.65 bits per heavy atom. The van der Waals surface area contributed by atoms with E-state index >= 15 is 0 Å². The van der Waals surface area contributed by atoms with E-state index in [9.17, 15) is 9.90 Å². The van der Waals surface area contributed by atoms with Gasteiger partial charge in [-0.1, -0.05) is 6.07 Å². The molecule has 2 aromatic rings. The summed E-state index contributed by atoms with van der Waals surface area (Å²) in [6.07, 6.45) is 1.98. The fourth-order valence-electron chi connectivity index (χ4n) is 1.87. The Bertz CT molecular complexity index is 639. The summed E-state index contributed by atoms with van der Waals surface area (Å²) in [6.45, 7) is 0.127. The second-order valence-corrected chi connectivity index (χ2v) is 4.20. The van der Waals surface area contributed by atoms with Crippen molar-refractivity contribution in [1.29, 1.82) is 0 Å². The van der Waals surface area contributed by atoms with E-state index < -0.39 is 6.10 Å².